The molecule has 4 nitrogen and oxygen atoms in total. The molecule has 0 radical (unpaired) electrons. The number of amides is 1. The van der Waals surface area contributed by atoms with E-state index in [2.05, 4.69) is 5.32 Å². The molecule has 4 aromatic rings. The molecule has 1 amide bonds. The Hall–Kier alpha value is -3.40. The highest BCUT2D eigenvalue weighted by Crippen LogP contribution is 2.25. The molecule has 4 rings (SSSR count). The third-order valence-corrected chi connectivity index (χ3v) is 3.95. The SMILES string of the molecule is N=c1oc2ccc3ccccc3c2cc1C(=O)Nc1ccccc1. The zero-order valence-electron chi connectivity index (χ0n) is 12.7. The monoisotopic (exact) mass is 314 g/mol. The molecule has 0 fully saturated rings. The van der Waals surface area contributed by atoms with Crippen LogP contribution in [0.15, 0.2) is 77.2 Å². The van der Waals surface area contributed by atoms with Crippen molar-refractivity contribution < 1.29 is 9.21 Å². The molecule has 4 heteroatoms. The van der Waals surface area contributed by atoms with Gasteiger partial charge in [0.25, 0.3) is 5.91 Å². The number of rotatable bonds is 2. The maximum atomic E-state index is 12.5. The first kappa shape index (κ1) is 14.2. The Labute approximate surface area is 137 Å². The standard InChI is InChI=1S/C20H14N2O2/c21-19-17(20(23)22-14-7-2-1-3-8-14)12-16-15-9-5-4-6-13(15)10-11-18(16)24-19/h1-12,21H,(H,22,23). The highest BCUT2D eigenvalue weighted by atomic mass is 16.3. The van der Waals surface area contributed by atoms with Gasteiger partial charge in [-0.1, -0.05) is 48.5 Å². The summed E-state index contributed by atoms with van der Waals surface area (Å²) in [5, 5.41) is 13.7. The molecule has 116 valence electrons. The van der Waals surface area contributed by atoms with Gasteiger partial charge in [-0.3, -0.25) is 10.2 Å². The molecule has 1 aromatic heterocycles. The normalized spacial score (nSPS) is 10.8. The van der Waals surface area contributed by atoms with Gasteiger partial charge >= 0.3 is 0 Å². The van der Waals surface area contributed by atoms with Crippen molar-refractivity contribution in [3.8, 4) is 0 Å². The topological polar surface area (TPSA) is 66.1 Å². The van der Waals surface area contributed by atoms with E-state index in [1.807, 2.05) is 54.6 Å². The van der Waals surface area contributed by atoms with Crippen molar-refractivity contribution in [1.29, 1.82) is 5.41 Å². The van der Waals surface area contributed by atoms with Crippen LogP contribution in [0.5, 0.6) is 0 Å². The second-order valence-corrected chi connectivity index (χ2v) is 5.51. The fourth-order valence-corrected chi connectivity index (χ4v) is 2.78. The average Bonchev–Trinajstić information content (AvgIpc) is 2.61. The molecule has 0 aliphatic carbocycles. The molecule has 24 heavy (non-hydrogen) atoms. The lowest BCUT2D eigenvalue weighted by molar-refractivity contribution is 0.102. The molecule has 0 aliphatic heterocycles. The minimum atomic E-state index is -0.357. The van der Waals surface area contributed by atoms with Crippen LogP contribution < -0.4 is 10.9 Å². The number of anilines is 1. The van der Waals surface area contributed by atoms with Gasteiger partial charge in [0.2, 0.25) is 5.55 Å². The van der Waals surface area contributed by atoms with E-state index >= 15 is 0 Å². The van der Waals surface area contributed by atoms with E-state index in [1.165, 1.54) is 0 Å². The van der Waals surface area contributed by atoms with Gasteiger partial charge in [0.1, 0.15) is 11.1 Å². The molecular formula is C20H14N2O2. The van der Waals surface area contributed by atoms with E-state index in [9.17, 15) is 4.79 Å². The van der Waals surface area contributed by atoms with Gasteiger partial charge in [-0.25, -0.2) is 0 Å². The number of para-hydroxylation sites is 1. The Morgan fingerprint density at radius 2 is 1.62 bits per heavy atom. The summed E-state index contributed by atoms with van der Waals surface area (Å²) < 4.78 is 5.57. The predicted molar refractivity (Wildman–Crippen MR) is 94.0 cm³/mol. The molecule has 3 aromatic carbocycles. The lowest BCUT2D eigenvalue weighted by atomic mass is 10.0. The van der Waals surface area contributed by atoms with Crippen molar-refractivity contribution in [2.45, 2.75) is 0 Å². The minimum Gasteiger partial charge on any atom is -0.438 e. The van der Waals surface area contributed by atoms with E-state index in [-0.39, 0.29) is 17.0 Å². The zero-order valence-corrected chi connectivity index (χ0v) is 12.7. The molecule has 0 unspecified atom stereocenters. The number of benzene rings is 3. The van der Waals surface area contributed by atoms with Crippen molar-refractivity contribution >= 4 is 33.3 Å². The molecule has 0 saturated heterocycles. The first-order valence-corrected chi connectivity index (χ1v) is 7.59. The lowest BCUT2D eigenvalue weighted by Gasteiger charge is -2.07. The summed E-state index contributed by atoms with van der Waals surface area (Å²) in [4.78, 5) is 12.5. The quantitative estimate of drug-likeness (QED) is 0.541. The number of carbonyl (C=O) groups excluding carboxylic acids is 1. The first-order valence-electron chi connectivity index (χ1n) is 7.59. The molecular weight excluding hydrogens is 300 g/mol. The Kier molecular flexibility index (Phi) is 3.35. The Morgan fingerprint density at radius 1 is 0.875 bits per heavy atom. The Balaban J connectivity index is 1.86. The maximum Gasteiger partial charge on any atom is 0.261 e. The smallest absolute Gasteiger partial charge is 0.261 e. The fraction of sp³-hybridized carbons (Fsp3) is 0. The fourth-order valence-electron chi connectivity index (χ4n) is 2.78. The molecule has 0 atom stereocenters. The average molecular weight is 314 g/mol. The zero-order chi connectivity index (χ0) is 16.5. The third-order valence-electron chi connectivity index (χ3n) is 3.95. The minimum absolute atomic E-state index is 0.147. The van der Waals surface area contributed by atoms with Crippen LogP contribution in [0.25, 0.3) is 21.7 Å². The lowest BCUT2D eigenvalue weighted by Crippen LogP contribution is -2.20. The highest BCUT2D eigenvalue weighted by molar-refractivity contribution is 6.10. The van der Waals surface area contributed by atoms with Crippen molar-refractivity contribution in [1.82, 2.24) is 0 Å². The molecule has 0 spiro atoms. The predicted octanol–water partition coefficient (Wildman–Crippen LogP) is 4.32. The molecule has 0 bridgehead atoms. The van der Waals surface area contributed by atoms with Gasteiger partial charge in [-0.05, 0) is 35.0 Å². The summed E-state index contributed by atoms with van der Waals surface area (Å²) in [6.07, 6.45) is 0. The van der Waals surface area contributed by atoms with Crippen LogP contribution in [0.1, 0.15) is 10.4 Å². The van der Waals surface area contributed by atoms with Crippen LogP contribution in [0.4, 0.5) is 5.69 Å². The van der Waals surface area contributed by atoms with Gasteiger partial charge in [-0.2, -0.15) is 0 Å². The molecule has 2 N–H and O–H groups in total. The summed E-state index contributed by atoms with van der Waals surface area (Å²) in [6.45, 7) is 0. The van der Waals surface area contributed by atoms with Gasteiger partial charge in [-0.15, -0.1) is 0 Å². The van der Waals surface area contributed by atoms with Crippen LogP contribution >= 0.6 is 0 Å². The second-order valence-electron chi connectivity index (χ2n) is 5.51. The number of hydrogen-bond donors (Lipinski definition) is 2. The molecule has 1 heterocycles. The second kappa shape index (κ2) is 5.66. The number of carbonyl (C=O) groups is 1. The Morgan fingerprint density at radius 3 is 2.46 bits per heavy atom. The van der Waals surface area contributed by atoms with E-state index < -0.39 is 0 Å². The van der Waals surface area contributed by atoms with Gasteiger partial charge < -0.3 is 9.73 Å². The van der Waals surface area contributed by atoms with E-state index in [0.29, 0.717) is 11.3 Å². The summed E-state index contributed by atoms with van der Waals surface area (Å²) in [5.41, 5.74) is 1.34. The molecule has 0 aliphatic rings. The van der Waals surface area contributed by atoms with Crippen molar-refractivity contribution in [2.75, 3.05) is 5.32 Å². The summed E-state index contributed by atoms with van der Waals surface area (Å²) in [6, 6.07) is 22.6. The Bertz CT molecular complexity index is 1110. The number of nitrogens with one attached hydrogen (secondary N) is 2. The number of hydrogen-bond acceptors (Lipinski definition) is 3. The first-order chi connectivity index (χ1) is 11.7. The van der Waals surface area contributed by atoms with Gasteiger partial charge in [0.15, 0.2) is 0 Å². The van der Waals surface area contributed by atoms with Crippen LogP contribution in [-0.4, -0.2) is 5.91 Å². The van der Waals surface area contributed by atoms with Crippen molar-refractivity contribution in [3.63, 3.8) is 0 Å². The maximum absolute atomic E-state index is 12.5. The van der Waals surface area contributed by atoms with Gasteiger partial charge in [0.05, 0.1) is 0 Å². The van der Waals surface area contributed by atoms with Crippen LogP contribution in [0.3, 0.4) is 0 Å². The van der Waals surface area contributed by atoms with E-state index in [1.54, 1.807) is 18.2 Å². The van der Waals surface area contributed by atoms with E-state index in [0.717, 1.165) is 16.2 Å². The van der Waals surface area contributed by atoms with Crippen molar-refractivity contribution in [2.24, 2.45) is 0 Å². The van der Waals surface area contributed by atoms with Crippen LogP contribution in [0.2, 0.25) is 0 Å². The summed E-state index contributed by atoms with van der Waals surface area (Å²) in [5.74, 6) is -0.357. The largest absolute Gasteiger partial charge is 0.438 e. The molecule has 0 saturated carbocycles. The summed E-state index contributed by atoms with van der Waals surface area (Å²) in [7, 11) is 0. The van der Waals surface area contributed by atoms with Crippen LogP contribution in [0, 0.1) is 5.41 Å². The summed E-state index contributed by atoms with van der Waals surface area (Å²) >= 11 is 0. The van der Waals surface area contributed by atoms with Crippen molar-refractivity contribution in [3.05, 3.63) is 83.9 Å². The van der Waals surface area contributed by atoms with Gasteiger partial charge in [0, 0.05) is 11.1 Å². The highest BCUT2D eigenvalue weighted by Gasteiger charge is 2.13. The van der Waals surface area contributed by atoms with Crippen LogP contribution in [-0.2, 0) is 0 Å². The van der Waals surface area contributed by atoms with E-state index in [4.69, 9.17) is 9.83 Å². The third kappa shape index (κ3) is 2.44. The number of fused-ring (bicyclic) bond motifs is 3.